The van der Waals surface area contributed by atoms with Crippen LogP contribution in [0.15, 0.2) is 42.5 Å². The summed E-state index contributed by atoms with van der Waals surface area (Å²) in [5.41, 5.74) is 9.57. The van der Waals surface area contributed by atoms with E-state index in [1.54, 1.807) is 0 Å². The van der Waals surface area contributed by atoms with E-state index in [1.807, 2.05) is 42.5 Å². The van der Waals surface area contributed by atoms with Gasteiger partial charge in [-0.2, -0.15) is 0 Å². The number of nitrogen functional groups attached to an aromatic ring is 1. The van der Waals surface area contributed by atoms with Crippen LogP contribution in [0.5, 0.6) is 5.75 Å². The molecule has 4 nitrogen and oxygen atoms in total. The van der Waals surface area contributed by atoms with Crippen molar-refractivity contribution >= 4 is 11.4 Å². The minimum atomic E-state index is 0.0705. The Kier molecular flexibility index (Phi) is 5.46. The monoisotopic (exact) mass is 286 g/mol. The van der Waals surface area contributed by atoms with Gasteiger partial charge in [0.05, 0.1) is 13.2 Å². The lowest BCUT2D eigenvalue weighted by Gasteiger charge is -2.11. The summed E-state index contributed by atoms with van der Waals surface area (Å²) in [6.45, 7) is 3.52. The van der Waals surface area contributed by atoms with Crippen molar-refractivity contribution in [1.29, 1.82) is 0 Å². The van der Waals surface area contributed by atoms with Crippen LogP contribution in [-0.4, -0.2) is 11.7 Å². The smallest absolute Gasteiger partial charge is 0.123 e. The molecule has 2 rings (SSSR count). The van der Waals surface area contributed by atoms with E-state index in [0.29, 0.717) is 18.8 Å². The number of benzene rings is 2. The highest BCUT2D eigenvalue weighted by atomic mass is 16.5. The van der Waals surface area contributed by atoms with Crippen molar-refractivity contribution < 1.29 is 9.84 Å². The number of nitrogens with one attached hydrogen (secondary N) is 1. The summed E-state index contributed by atoms with van der Waals surface area (Å²) in [5.74, 6) is 0.787. The Hall–Kier alpha value is -2.20. The van der Waals surface area contributed by atoms with Crippen LogP contribution in [0.3, 0.4) is 0 Å². The van der Waals surface area contributed by atoms with Gasteiger partial charge in [0.1, 0.15) is 5.75 Å². The molecule has 0 radical (unpaired) electrons. The maximum absolute atomic E-state index is 9.02. The number of hydrogen-bond donors (Lipinski definition) is 3. The molecule has 0 heterocycles. The molecule has 0 fully saturated rings. The van der Waals surface area contributed by atoms with E-state index < -0.39 is 0 Å². The van der Waals surface area contributed by atoms with Crippen LogP contribution in [0.25, 0.3) is 0 Å². The number of nitrogens with two attached hydrogens (primary N) is 1. The zero-order chi connectivity index (χ0) is 15.1. The quantitative estimate of drug-likeness (QED) is 0.684. The predicted octanol–water partition coefficient (Wildman–Crippen LogP) is 3.16. The van der Waals surface area contributed by atoms with Crippen LogP contribution in [0.2, 0.25) is 0 Å². The first-order valence-corrected chi connectivity index (χ1v) is 7.17. The highest BCUT2D eigenvalue weighted by molar-refractivity contribution is 5.59. The Morgan fingerprint density at radius 2 is 1.81 bits per heavy atom. The Morgan fingerprint density at radius 3 is 2.48 bits per heavy atom. The van der Waals surface area contributed by atoms with E-state index in [0.717, 1.165) is 29.0 Å². The number of ether oxygens (including phenoxy) is 1. The first kappa shape index (κ1) is 15.2. The number of rotatable bonds is 7. The summed E-state index contributed by atoms with van der Waals surface area (Å²) in [7, 11) is 0. The highest BCUT2D eigenvalue weighted by Gasteiger charge is 2.01. The fourth-order valence-electron chi connectivity index (χ4n) is 1.99. The molecule has 4 N–H and O–H groups in total. The van der Waals surface area contributed by atoms with Crippen molar-refractivity contribution in [3.63, 3.8) is 0 Å². The van der Waals surface area contributed by atoms with E-state index in [-0.39, 0.29) is 6.61 Å². The van der Waals surface area contributed by atoms with Crippen LogP contribution >= 0.6 is 0 Å². The number of anilines is 2. The molecule has 2 aromatic carbocycles. The van der Waals surface area contributed by atoms with Gasteiger partial charge in [-0.3, -0.25) is 0 Å². The van der Waals surface area contributed by atoms with Crippen LogP contribution in [0.1, 0.15) is 24.5 Å². The van der Waals surface area contributed by atoms with Crippen LogP contribution in [-0.2, 0) is 13.2 Å². The standard InChI is InChI=1S/C17H22N2O2/c1-2-7-21-17-9-15(18)8-16(10-17)19-11-13-3-5-14(12-20)6-4-13/h3-6,8-10,19-20H,2,7,11-12,18H2,1H3. The van der Waals surface area contributed by atoms with E-state index in [9.17, 15) is 0 Å². The molecule has 21 heavy (non-hydrogen) atoms. The molecule has 2 aromatic rings. The Balaban J connectivity index is 1.99. The first-order chi connectivity index (χ1) is 10.2. The third-order valence-corrected chi connectivity index (χ3v) is 3.10. The fourth-order valence-corrected chi connectivity index (χ4v) is 1.99. The lowest BCUT2D eigenvalue weighted by Crippen LogP contribution is -2.02. The van der Waals surface area contributed by atoms with Gasteiger partial charge < -0.3 is 20.9 Å². The highest BCUT2D eigenvalue weighted by Crippen LogP contribution is 2.23. The van der Waals surface area contributed by atoms with E-state index >= 15 is 0 Å². The first-order valence-electron chi connectivity index (χ1n) is 7.17. The number of aliphatic hydroxyl groups excluding tert-OH is 1. The lowest BCUT2D eigenvalue weighted by molar-refractivity contribution is 0.282. The average molecular weight is 286 g/mol. The molecule has 0 saturated heterocycles. The zero-order valence-corrected chi connectivity index (χ0v) is 12.3. The van der Waals surface area contributed by atoms with Crippen molar-refractivity contribution in [3.8, 4) is 5.75 Å². The minimum Gasteiger partial charge on any atom is -0.493 e. The van der Waals surface area contributed by atoms with Gasteiger partial charge in [0.2, 0.25) is 0 Å². The van der Waals surface area contributed by atoms with Crippen molar-refractivity contribution in [3.05, 3.63) is 53.6 Å². The summed E-state index contributed by atoms with van der Waals surface area (Å²) < 4.78 is 5.61. The van der Waals surface area contributed by atoms with Crippen LogP contribution in [0.4, 0.5) is 11.4 Å². The van der Waals surface area contributed by atoms with Crippen LogP contribution in [0, 0.1) is 0 Å². The second kappa shape index (κ2) is 7.55. The average Bonchev–Trinajstić information content (AvgIpc) is 2.51. The molecule has 0 aliphatic heterocycles. The molecule has 4 heteroatoms. The molecular weight excluding hydrogens is 264 g/mol. The van der Waals surface area contributed by atoms with Crippen LogP contribution < -0.4 is 15.8 Å². The molecule has 0 saturated carbocycles. The van der Waals surface area contributed by atoms with Crippen molar-refractivity contribution in [2.75, 3.05) is 17.7 Å². The maximum atomic E-state index is 9.02. The van der Waals surface area contributed by atoms with Gasteiger partial charge in [0, 0.05) is 30.1 Å². The van der Waals surface area contributed by atoms with E-state index in [4.69, 9.17) is 15.6 Å². The summed E-state index contributed by atoms with van der Waals surface area (Å²) >= 11 is 0. The van der Waals surface area contributed by atoms with Crippen molar-refractivity contribution in [2.24, 2.45) is 0 Å². The van der Waals surface area contributed by atoms with E-state index in [1.165, 1.54) is 0 Å². The molecule has 0 unspecified atom stereocenters. The van der Waals surface area contributed by atoms with E-state index in [2.05, 4.69) is 12.2 Å². The Labute approximate surface area is 125 Å². The van der Waals surface area contributed by atoms with Gasteiger partial charge in [-0.1, -0.05) is 31.2 Å². The molecule has 0 atom stereocenters. The zero-order valence-electron chi connectivity index (χ0n) is 12.3. The lowest BCUT2D eigenvalue weighted by atomic mass is 10.1. The number of aliphatic hydroxyl groups is 1. The molecule has 0 amide bonds. The van der Waals surface area contributed by atoms with Gasteiger partial charge in [-0.15, -0.1) is 0 Å². The predicted molar refractivity (Wildman–Crippen MR) is 86.3 cm³/mol. The number of hydrogen-bond acceptors (Lipinski definition) is 4. The minimum absolute atomic E-state index is 0.0705. The van der Waals surface area contributed by atoms with Gasteiger partial charge >= 0.3 is 0 Å². The van der Waals surface area contributed by atoms with Gasteiger partial charge in [0.25, 0.3) is 0 Å². The van der Waals surface area contributed by atoms with Crippen molar-refractivity contribution in [2.45, 2.75) is 26.5 Å². The molecule has 0 aliphatic rings. The fraction of sp³-hybridized carbons (Fsp3) is 0.294. The summed E-state index contributed by atoms with van der Waals surface area (Å²) in [5, 5.41) is 12.4. The summed E-state index contributed by atoms with van der Waals surface area (Å²) in [6, 6.07) is 13.5. The Bertz CT molecular complexity index is 568. The molecule has 112 valence electrons. The van der Waals surface area contributed by atoms with Crippen molar-refractivity contribution in [1.82, 2.24) is 0 Å². The normalized spacial score (nSPS) is 10.4. The third-order valence-electron chi connectivity index (χ3n) is 3.10. The molecule has 0 aliphatic carbocycles. The summed E-state index contributed by atoms with van der Waals surface area (Å²) in [6.07, 6.45) is 0.967. The molecule has 0 bridgehead atoms. The van der Waals surface area contributed by atoms with Gasteiger partial charge in [-0.25, -0.2) is 0 Å². The molecule has 0 aromatic heterocycles. The van der Waals surface area contributed by atoms with Gasteiger partial charge in [0.15, 0.2) is 0 Å². The second-order valence-corrected chi connectivity index (χ2v) is 4.97. The molecule has 0 spiro atoms. The topological polar surface area (TPSA) is 67.5 Å². The molecular formula is C17H22N2O2. The van der Waals surface area contributed by atoms with Gasteiger partial charge in [-0.05, 0) is 23.6 Å². The SMILES string of the molecule is CCCOc1cc(N)cc(NCc2ccc(CO)cc2)c1. The summed E-state index contributed by atoms with van der Waals surface area (Å²) in [4.78, 5) is 0. The Morgan fingerprint density at radius 1 is 1.10 bits per heavy atom. The third kappa shape index (κ3) is 4.68. The maximum Gasteiger partial charge on any atom is 0.123 e. The second-order valence-electron chi connectivity index (χ2n) is 4.97. The largest absolute Gasteiger partial charge is 0.493 e.